The van der Waals surface area contributed by atoms with Crippen LogP contribution in [0.5, 0.6) is 0 Å². The molecule has 188 valence electrons. The molecule has 2 aromatic rings. The van der Waals surface area contributed by atoms with Gasteiger partial charge in [0.25, 0.3) is 5.91 Å². The maximum atomic E-state index is 13.3. The first-order valence-corrected chi connectivity index (χ1v) is 13.0. The van der Waals surface area contributed by atoms with E-state index in [1.807, 2.05) is 4.90 Å². The molecule has 2 aromatic heterocycles. The average Bonchev–Trinajstić information content (AvgIpc) is 3.80. The van der Waals surface area contributed by atoms with Gasteiger partial charge in [0.15, 0.2) is 0 Å². The summed E-state index contributed by atoms with van der Waals surface area (Å²) in [5, 5.41) is 0. The molecule has 4 aliphatic rings. The number of pyridine rings is 2. The summed E-state index contributed by atoms with van der Waals surface area (Å²) < 4.78 is 0. The van der Waals surface area contributed by atoms with Crippen molar-refractivity contribution in [3.05, 3.63) is 46.8 Å². The average molecular weight is 489 g/mol. The predicted molar refractivity (Wildman–Crippen MR) is 135 cm³/mol. The minimum Gasteiger partial charge on any atom is -0.353 e. The quantitative estimate of drug-likeness (QED) is 0.642. The van der Waals surface area contributed by atoms with Gasteiger partial charge in [0, 0.05) is 52.4 Å². The van der Waals surface area contributed by atoms with Gasteiger partial charge in [-0.2, -0.15) is 0 Å². The summed E-state index contributed by atoms with van der Waals surface area (Å²) in [6, 6.07) is 5.48. The molecule has 9 heteroatoms. The summed E-state index contributed by atoms with van der Waals surface area (Å²) in [5.41, 5.74) is 3.93. The topological polar surface area (TPSA) is 90.0 Å². The molecule has 0 N–H and O–H groups in total. The lowest BCUT2D eigenvalue weighted by atomic mass is 10.1. The molecule has 2 saturated carbocycles. The van der Waals surface area contributed by atoms with E-state index in [2.05, 4.69) is 22.1 Å². The molecule has 2 saturated heterocycles. The van der Waals surface area contributed by atoms with Gasteiger partial charge >= 0.3 is 6.03 Å². The van der Waals surface area contributed by atoms with Crippen LogP contribution < -0.4 is 9.80 Å². The second-order valence-electron chi connectivity index (χ2n) is 10.4. The zero-order valence-corrected chi connectivity index (χ0v) is 20.9. The fraction of sp³-hybridized carbons (Fsp3) is 0.519. The van der Waals surface area contributed by atoms with Crippen molar-refractivity contribution >= 4 is 29.5 Å². The third-order valence-corrected chi connectivity index (χ3v) is 7.82. The number of hydrogen-bond donors (Lipinski definition) is 0. The van der Waals surface area contributed by atoms with Crippen molar-refractivity contribution in [3.63, 3.8) is 0 Å². The highest BCUT2D eigenvalue weighted by Gasteiger charge is 2.35. The summed E-state index contributed by atoms with van der Waals surface area (Å²) in [7, 11) is 0. The van der Waals surface area contributed by atoms with Crippen LogP contribution in [0.25, 0.3) is 0 Å². The lowest BCUT2D eigenvalue weighted by Gasteiger charge is -2.36. The van der Waals surface area contributed by atoms with Crippen LogP contribution in [0.15, 0.2) is 24.4 Å². The van der Waals surface area contributed by atoms with Crippen molar-refractivity contribution in [3.8, 4) is 0 Å². The van der Waals surface area contributed by atoms with Crippen molar-refractivity contribution in [1.82, 2.24) is 19.8 Å². The fourth-order valence-corrected chi connectivity index (χ4v) is 5.35. The van der Waals surface area contributed by atoms with E-state index in [4.69, 9.17) is 4.98 Å². The van der Waals surface area contributed by atoms with Gasteiger partial charge in [-0.25, -0.2) is 14.8 Å². The number of rotatable bonds is 5. The van der Waals surface area contributed by atoms with Gasteiger partial charge in [0.1, 0.15) is 11.6 Å². The van der Waals surface area contributed by atoms with E-state index in [0.717, 1.165) is 18.9 Å². The number of aromatic nitrogens is 2. The minimum absolute atomic E-state index is 0.0382. The van der Waals surface area contributed by atoms with Crippen LogP contribution in [-0.4, -0.2) is 76.9 Å². The van der Waals surface area contributed by atoms with Crippen molar-refractivity contribution in [2.45, 2.75) is 51.4 Å². The normalized spacial score (nSPS) is 20.3. The number of carbonyl (C=O) groups is 3. The molecule has 2 aliphatic carbocycles. The van der Waals surface area contributed by atoms with E-state index < -0.39 is 0 Å². The molecular weight excluding hydrogens is 456 g/mol. The van der Waals surface area contributed by atoms with Crippen LogP contribution >= 0.6 is 0 Å². The highest BCUT2D eigenvalue weighted by molar-refractivity contribution is 6.04. The Morgan fingerprint density at radius 1 is 0.944 bits per heavy atom. The number of nitrogens with zero attached hydrogens (tertiary/aromatic N) is 6. The van der Waals surface area contributed by atoms with Gasteiger partial charge in [-0.3, -0.25) is 19.4 Å². The standard InChI is InChI=1S/C27H32N6O3/c1-17-22(7-8-24(29-17)33-14-13-32(18(2)34)27(33)36)26(35)31-11-9-30(10-12-31)25-23(20-5-6-20)15-21(16-28-25)19-3-4-19/h7-8,15-16,19-20H,3-6,9-14H2,1-2H3. The second kappa shape index (κ2) is 8.87. The molecule has 2 aliphatic heterocycles. The second-order valence-corrected chi connectivity index (χ2v) is 10.4. The molecule has 4 amide bonds. The molecule has 0 radical (unpaired) electrons. The van der Waals surface area contributed by atoms with Crippen LogP contribution in [0.2, 0.25) is 0 Å². The molecule has 0 bridgehead atoms. The van der Waals surface area contributed by atoms with Gasteiger partial charge < -0.3 is 9.80 Å². The Kier molecular flexibility index (Phi) is 5.65. The highest BCUT2D eigenvalue weighted by Crippen LogP contribution is 2.47. The van der Waals surface area contributed by atoms with Gasteiger partial charge in [-0.15, -0.1) is 0 Å². The lowest BCUT2D eigenvalue weighted by Crippen LogP contribution is -2.49. The van der Waals surface area contributed by atoms with Crippen LogP contribution in [0.3, 0.4) is 0 Å². The largest absolute Gasteiger partial charge is 0.353 e. The van der Waals surface area contributed by atoms with Crippen molar-refractivity contribution in [2.75, 3.05) is 49.1 Å². The molecule has 4 fully saturated rings. The van der Waals surface area contributed by atoms with E-state index in [1.54, 1.807) is 19.1 Å². The first-order chi connectivity index (χ1) is 17.4. The zero-order valence-electron chi connectivity index (χ0n) is 20.9. The monoisotopic (exact) mass is 488 g/mol. The maximum absolute atomic E-state index is 13.3. The first kappa shape index (κ1) is 22.9. The summed E-state index contributed by atoms with van der Waals surface area (Å²) >= 11 is 0. The van der Waals surface area contributed by atoms with Crippen LogP contribution in [0.4, 0.5) is 16.4 Å². The van der Waals surface area contributed by atoms with Crippen molar-refractivity contribution in [1.29, 1.82) is 0 Å². The van der Waals surface area contributed by atoms with Crippen LogP contribution in [-0.2, 0) is 4.79 Å². The Bertz CT molecular complexity index is 1230. The zero-order chi connectivity index (χ0) is 25.0. The van der Waals surface area contributed by atoms with E-state index in [0.29, 0.717) is 55.1 Å². The Balaban J connectivity index is 1.12. The minimum atomic E-state index is -0.367. The molecule has 6 rings (SSSR count). The van der Waals surface area contributed by atoms with Gasteiger partial charge in [-0.05, 0) is 67.7 Å². The number of urea groups is 1. The van der Waals surface area contributed by atoms with Crippen molar-refractivity contribution < 1.29 is 14.4 Å². The van der Waals surface area contributed by atoms with Gasteiger partial charge in [0.2, 0.25) is 5.91 Å². The molecule has 9 nitrogen and oxygen atoms in total. The third kappa shape index (κ3) is 4.20. The summed E-state index contributed by atoms with van der Waals surface area (Å²) in [6.07, 6.45) is 7.13. The van der Waals surface area contributed by atoms with E-state index in [-0.39, 0.29) is 17.8 Å². The molecule has 0 aromatic carbocycles. The van der Waals surface area contributed by atoms with Crippen LogP contribution in [0, 0.1) is 6.92 Å². The number of piperazine rings is 1. The molecule has 4 heterocycles. The number of amides is 4. The van der Waals surface area contributed by atoms with Gasteiger partial charge in [0.05, 0.1) is 11.3 Å². The van der Waals surface area contributed by atoms with E-state index >= 15 is 0 Å². The number of carbonyl (C=O) groups excluding carboxylic acids is 3. The molecular formula is C27H32N6O3. The van der Waals surface area contributed by atoms with E-state index in [1.165, 1.54) is 53.5 Å². The molecule has 0 atom stereocenters. The molecule has 36 heavy (non-hydrogen) atoms. The SMILES string of the molecule is CC(=O)N1CCN(c2ccc(C(=O)N3CCN(c4ncc(C5CC5)cc4C4CC4)CC3)c(C)n2)C1=O. The Hall–Kier alpha value is -3.49. The molecule has 0 spiro atoms. The number of hydrogen-bond acceptors (Lipinski definition) is 6. The van der Waals surface area contributed by atoms with E-state index in [9.17, 15) is 14.4 Å². The maximum Gasteiger partial charge on any atom is 0.332 e. The Morgan fingerprint density at radius 2 is 1.67 bits per heavy atom. The predicted octanol–water partition coefficient (Wildman–Crippen LogP) is 3.29. The Morgan fingerprint density at radius 3 is 2.28 bits per heavy atom. The summed E-state index contributed by atoms with van der Waals surface area (Å²) in [4.78, 5) is 53.8. The summed E-state index contributed by atoms with van der Waals surface area (Å²) in [6.45, 7) is 6.71. The first-order valence-electron chi connectivity index (χ1n) is 13.0. The highest BCUT2D eigenvalue weighted by atomic mass is 16.2. The third-order valence-electron chi connectivity index (χ3n) is 7.82. The Labute approximate surface area is 211 Å². The van der Waals surface area contributed by atoms with Crippen molar-refractivity contribution in [2.24, 2.45) is 0 Å². The van der Waals surface area contributed by atoms with Crippen LogP contribution in [0.1, 0.15) is 71.6 Å². The molecule has 0 unspecified atom stereocenters. The number of imide groups is 1. The lowest BCUT2D eigenvalue weighted by molar-refractivity contribution is -0.125. The fourth-order valence-electron chi connectivity index (χ4n) is 5.35. The number of aryl methyl sites for hydroxylation is 1. The van der Waals surface area contributed by atoms with Gasteiger partial charge in [-0.1, -0.05) is 6.07 Å². The smallest absolute Gasteiger partial charge is 0.332 e. The number of anilines is 2. The summed E-state index contributed by atoms with van der Waals surface area (Å²) in [5.74, 6) is 2.61.